The maximum Gasteiger partial charge on any atom is 0.160 e. The largest absolute Gasteiger partial charge is 0.359 e. The lowest BCUT2D eigenvalue weighted by Gasteiger charge is -2.48. The van der Waals surface area contributed by atoms with Crippen LogP contribution in [-0.4, -0.2) is 24.8 Å². The molecule has 8 atom stereocenters. The standard InChI is InChI=1S/C17H10Cl10O/c1-13-3-4(6(19)8(21)7(20)5(3)18)14(2,28-13)10-9(13)15(24)11(22)12(23)16(10,25)17(15,26)27/h9-12H,1-2H3/t9-,10+,11?,12?,13-,14+,15+,16-. The van der Waals surface area contributed by atoms with E-state index in [1.54, 1.807) is 0 Å². The summed E-state index contributed by atoms with van der Waals surface area (Å²) >= 11 is 67.1. The number of benzene rings is 1. The van der Waals surface area contributed by atoms with Gasteiger partial charge in [0.1, 0.15) is 9.75 Å². The van der Waals surface area contributed by atoms with Crippen molar-refractivity contribution >= 4 is 116 Å². The van der Waals surface area contributed by atoms with E-state index in [-0.39, 0.29) is 20.1 Å². The fourth-order valence-electron chi connectivity index (χ4n) is 6.27. The molecule has 4 aliphatic rings. The first-order valence-electron chi connectivity index (χ1n) is 8.26. The van der Waals surface area contributed by atoms with Gasteiger partial charge in [0, 0.05) is 23.0 Å². The van der Waals surface area contributed by atoms with Crippen molar-refractivity contribution in [1.82, 2.24) is 0 Å². The third kappa shape index (κ3) is 1.83. The molecule has 2 heterocycles. The van der Waals surface area contributed by atoms with E-state index in [1.165, 1.54) is 0 Å². The first-order valence-corrected chi connectivity index (χ1v) is 12.2. The van der Waals surface area contributed by atoms with Crippen LogP contribution in [0, 0.1) is 11.8 Å². The van der Waals surface area contributed by atoms with E-state index < -0.39 is 47.9 Å². The topological polar surface area (TPSA) is 9.23 Å². The first-order chi connectivity index (χ1) is 12.6. The summed E-state index contributed by atoms with van der Waals surface area (Å²) < 4.78 is 4.93. The lowest BCUT2D eigenvalue weighted by Crippen LogP contribution is -2.57. The van der Waals surface area contributed by atoms with Gasteiger partial charge < -0.3 is 4.74 Å². The molecule has 1 saturated heterocycles. The Labute approximate surface area is 212 Å². The smallest absolute Gasteiger partial charge is 0.160 e. The zero-order valence-electron chi connectivity index (χ0n) is 14.0. The van der Waals surface area contributed by atoms with Crippen LogP contribution in [0.4, 0.5) is 0 Å². The Morgan fingerprint density at radius 2 is 0.964 bits per heavy atom. The second-order valence-corrected chi connectivity index (χ2v) is 13.2. The Morgan fingerprint density at radius 3 is 1.29 bits per heavy atom. The Morgan fingerprint density at radius 1 is 0.643 bits per heavy atom. The van der Waals surface area contributed by atoms with E-state index in [4.69, 9.17) is 121 Å². The van der Waals surface area contributed by atoms with Crippen LogP contribution in [-0.2, 0) is 15.9 Å². The van der Waals surface area contributed by atoms with Crippen molar-refractivity contribution in [2.45, 2.75) is 49.9 Å². The lowest BCUT2D eigenvalue weighted by molar-refractivity contribution is -0.0906. The summed E-state index contributed by atoms with van der Waals surface area (Å²) in [5.74, 6) is -1.01. The molecule has 1 aromatic carbocycles. The number of alkyl halides is 6. The summed E-state index contributed by atoms with van der Waals surface area (Å²) in [6.45, 7) is 3.69. The Kier molecular flexibility index (Phi) is 4.51. The molecular formula is C17H10Cl10O. The highest BCUT2D eigenvalue weighted by Gasteiger charge is 2.94. The third-order valence-electron chi connectivity index (χ3n) is 7.13. The quantitative estimate of drug-likeness (QED) is 0.169. The van der Waals surface area contributed by atoms with Crippen molar-refractivity contribution in [1.29, 1.82) is 0 Å². The molecule has 0 spiro atoms. The number of hydrogen-bond donors (Lipinski definition) is 0. The second-order valence-electron chi connectivity index (χ2n) is 8.19. The van der Waals surface area contributed by atoms with Gasteiger partial charge in [-0.15, -0.1) is 46.4 Å². The van der Waals surface area contributed by atoms with Crippen molar-refractivity contribution in [3.8, 4) is 0 Å². The molecule has 11 heteroatoms. The second kappa shape index (κ2) is 5.76. The molecule has 4 bridgehead atoms. The van der Waals surface area contributed by atoms with E-state index in [0.29, 0.717) is 11.1 Å². The van der Waals surface area contributed by atoms with Crippen LogP contribution in [0.15, 0.2) is 0 Å². The normalized spacial score (nSPS) is 52.3. The Bertz CT molecular complexity index is 893. The van der Waals surface area contributed by atoms with Gasteiger partial charge in [0.05, 0.1) is 42.0 Å². The molecule has 2 aliphatic heterocycles. The monoisotopic (exact) mass is 580 g/mol. The summed E-state index contributed by atoms with van der Waals surface area (Å²) in [5, 5.41) is -0.867. The maximum atomic E-state index is 7.12. The summed E-state index contributed by atoms with van der Waals surface area (Å²) in [5.41, 5.74) is -0.906. The summed E-state index contributed by atoms with van der Waals surface area (Å²) in [6, 6.07) is 0. The van der Waals surface area contributed by atoms with Crippen LogP contribution >= 0.6 is 116 Å². The number of fused-ring (bicyclic) bond motifs is 12. The molecule has 0 radical (unpaired) electrons. The van der Waals surface area contributed by atoms with Gasteiger partial charge in [-0.05, 0) is 13.8 Å². The van der Waals surface area contributed by atoms with Gasteiger partial charge in [-0.2, -0.15) is 0 Å². The molecule has 1 aromatic rings. The maximum absolute atomic E-state index is 7.12. The van der Waals surface area contributed by atoms with Gasteiger partial charge in [0.2, 0.25) is 0 Å². The zero-order valence-corrected chi connectivity index (χ0v) is 21.6. The molecule has 2 aliphatic carbocycles. The van der Waals surface area contributed by atoms with Gasteiger partial charge in [0.25, 0.3) is 0 Å². The number of hydrogen-bond acceptors (Lipinski definition) is 1. The fourth-order valence-corrected chi connectivity index (χ4v) is 11.1. The van der Waals surface area contributed by atoms with Gasteiger partial charge in [0.15, 0.2) is 4.33 Å². The minimum absolute atomic E-state index is 0.137. The number of rotatable bonds is 0. The van der Waals surface area contributed by atoms with E-state index >= 15 is 0 Å². The average molecular weight is 585 g/mol. The minimum Gasteiger partial charge on any atom is -0.359 e. The SMILES string of the molecule is C[C@]12O[C@](C)(c3c(Cl)c(Cl)c(Cl)c(Cl)c31)[C@H]1[C@@H]2[C@@]2(Cl)C(Cl)C(Cl)[C@]1(Cl)C2(Cl)Cl. The summed E-state index contributed by atoms with van der Waals surface area (Å²) in [7, 11) is 0. The number of ether oxygens (including phenoxy) is 1. The van der Waals surface area contributed by atoms with Crippen LogP contribution in [0.1, 0.15) is 25.0 Å². The zero-order chi connectivity index (χ0) is 21.0. The Hall–Kier alpha value is 2.08. The minimum atomic E-state index is -1.64. The molecule has 3 fully saturated rings. The molecular weight excluding hydrogens is 575 g/mol. The molecule has 0 amide bonds. The molecule has 5 rings (SSSR count). The van der Waals surface area contributed by atoms with Crippen molar-refractivity contribution in [3.05, 3.63) is 31.2 Å². The van der Waals surface area contributed by atoms with Crippen LogP contribution in [0.25, 0.3) is 0 Å². The molecule has 154 valence electrons. The molecule has 2 unspecified atom stereocenters. The molecule has 0 aromatic heterocycles. The fraction of sp³-hybridized carbons (Fsp3) is 0.647. The highest BCUT2D eigenvalue weighted by Crippen LogP contribution is 2.85. The van der Waals surface area contributed by atoms with Crippen LogP contribution in [0.5, 0.6) is 0 Å². The predicted octanol–water partition coefficient (Wildman–Crippen LogP) is 8.38. The van der Waals surface area contributed by atoms with Gasteiger partial charge in [-0.3, -0.25) is 0 Å². The lowest BCUT2D eigenvalue weighted by atomic mass is 9.59. The molecule has 2 saturated carbocycles. The predicted molar refractivity (Wildman–Crippen MR) is 120 cm³/mol. The summed E-state index contributed by atoms with van der Waals surface area (Å²) in [4.78, 5) is -2.77. The highest BCUT2D eigenvalue weighted by molar-refractivity contribution is 6.63. The van der Waals surface area contributed by atoms with Crippen LogP contribution in [0.3, 0.4) is 0 Å². The molecule has 28 heavy (non-hydrogen) atoms. The van der Waals surface area contributed by atoms with E-state index in [1.807, 2.05) is 13.8 Å². The third-order valence-corrected chi connectivity index (χ3v) is 13.6. The average Bonchev–Trinajstić information content (AvgIpc) is 3.10. The van der Waals surface area contributed by atoms with E-state index in [9.17, 15) is 0 Å². The van der Waals surface area contributed by atoms with Crippen LogP contribution in [0.2, 0.25) is 20.1 Å². The van der Waals surface area contributed by atoms with E-state index in [2.05, 4.69) is 0 Å². The van der Waals surface area contributed by atoms with Crippen molar-refractivity contribution in [2.24, 2.45) is 11.8 Å². The van der Waals surface area contributed by atoms with Crippen molar-refractivity contribution in [2.75, 3.05) is 0 Å². The van der Waals surface area contributed by atoms with E-state index in [0.717, 1.165) is 0 Å². The molecule has 0 N–H and O–H groups in total. The molecule has 1 nitrogen and oxygen atoms in total. The highest BCUT2D eigenvalue weighted by atomic mass is 35.5. The first kappa shape index (κ1) is 21.9. The van der Waals surface area contributed by atoms with Gasteiger partial charge in [-0.1, -0.05) is 69.6 Å². The summed E-state index contributed by atoms with van der Waals surface area (Å²) in [6.07, 6.45) is 0. The van der Waals surface area contributed by atoms with Gasteiger partial charge in [-0.25, -0.2) is 0 Å². The van der Waals surface area contributed by atoms with Crippen molar-refractivity contribution in [3.63, 3.8) is 0 Å². The number of halogens is 10. The Balaban J connectivity index is 1.92. The van der Waals surface area contributed by atoms with Crippen molar-refractivity contribution < 1.29 is 4.74 Å². The van der Waals surface area contributed by atoms with Gasteiger partial charge >= 0.3 is 0 Å². The van der Waals surface area contributed by atoms with Crippen LogP contribution < -0.4 is 0 Å².